The molecule has 112 valence electrons. The second kappa shape index (κ2) is 6.39. The van der Waals surface area contributed by atoms with Crippen molar-refractivity contribution in [3.05, 3.63) is 42.2 Å². The number of benzene rings is 1. The van der Waals surface area contributed by atoms with E-state index in [1.807, 2.05) is 0 Å². The SMILES string of the molecule is COC(=O)/C=C/CNC(=O)C1(Oc2ccccc2F)CC1. The van der Waals surface area contributed by atoms with Crippen molar-refractivity contribution < 1.29 is 23.5 Å². The van der Waals surface area contributed by atoms with Crippen molar-refractivity contribution >= 4 is 11.9 Å². The van der Waals surface area contributed by atoms with Crippen LogP contribution in [0.3, 0.4) is 0 Å². The summed E-state index contributed by atoms with van der Waals surface area (Å²) in [6.45, 7) is 0.177. The van der Waals surface area contributed by atoms with E-state index in [1.165, 1.54) is 31.4 Å². The Morgan fingerprint density at radius 3 is 2.71 bits per heavy atom. The van der Waals surface area contributed by atoms with Crippen LogP contribution in [0.25, 0.3) is 0 Å². The average Bonchev–Trinajstić information content (AvgIpc) is 3.26. The van der Waals surface area contributed by atoms with Gasteiger partial charge in [0.1, 0.15) is 0 Å². The molecule has 2 rings (SSSR count). The molecule has 5 nitrogen and oxygen atoms in total. The topological polar surface area (TPSA) is 64.6 Å². The third-order valence-corrected chi connectivity index (χ3v) is 3.10. The van der Waals surface area contributed by atoms with Gasteiger partial charge in [0.15, 0.2) is 17.2 Å². The van der Waals surface area contributed by atoms with Crippen molar-refractivity contribution in [3.63, 3.8) is 0 Å². The first kappa shape index (κ1) is 15.0. The van der Waals surface area contributed by atoms with Gasteiger partial charge in [0.2, 0.25) is 0 Å². The summed E-state index contributed by atoms with van der Waals surface area (Å²) in [6, 6.07) is 5.97. The number of carbonyl (C=O) groups is 2. The van der Waals surface area contributed by atoms with Crippen molar-refractivity contribution in [3.8, 4) is 5.75 Å². The predicted octanol–water partition coefficient (Wildman–Crippen LogP) is 1.58. The van der Waals surface area contributed by atoms with Gasteiger partial charge in [-0.25, -0.2) is 9.18 Å². The molecular formula is C15H16FNO4. The zero-order valence-electron chi connectivity index (χ0n) is 11.6. The quantitative estimate of drug-likeness (QED) is 0.639. The smallest absolute Gasteiger partial charge is 0.330 e. The van der Waals surface area contributed by atoms with E-state index in [2.05, 4.69) is 10.1 Å². The number of esters is 1. The number of hydrogen-bond acceptors (Lipinski definition) is 4. The molecule has 1 amide bonds. The maximum atomic E-state index is 13.5. The monoisotopic (exact) mass is 293 g/mol. The van der Waals surface area contributed by atoms with Crippen LogP contribution in [0.5, 0.6) is 5.75 Å². The van der Waals surface area contributed by atoms with Crippen LogP contribution in [0.1, 0.15) is 12.8 Å². The third kappa shape index (κ3) is 3.81. The Morgan fingerprint density at radius 2 is 2.10 bits per heavy atom. The molecule has 6 heteroatoms. The summed E-state index contributed by atoms with van der Waals surface area (Å²) < 4.78 is 23.5. The molecule has 0 spiro atoms. The minimum absolute atomic E-state index is 0.0650. The first-order valence-electron chi connectivity index (χ1n) is 6.54. The summed E-state index contributed by atoms with van der Waals surface area (Å²) in [4.78, 5) is 22.9. The minimum atomic E-state index is -0.999. The summed E-state index contributed by atoms with van der Waals surface area (Å²) in [5.41, 5.74) is -0.999. The lowest BCUT2D eigenvalue weighted by Crippen LogP contribution is -2.40. The maximum absolute atomic E-state index is 13.5. The van der Waals surface area contributed by atoms with Crippen LogP contribution in [0.15, 0.2) is 36.4 Å². The predicted molar refractivity (Wildman–Crippen MR) is 73.2 cm³/mol. The fourth-order valence-corrected chi connectivity index (χ4v) is 1.76. The highest BCUT2D eigenvalue weighted by Crippen LogP contribution is 2.41. The molecule has 0 aromatic heterocycles. The van der Waals surface area contributed by atoms with E-state index in [1.54, 1.807) is 12.1 Å². The minimum Gasteiger partial charge on any atom is -0.474 e. The Morgan fingerprint density at radius 1 is 1.38 bits per heavy atom. The molecule has 1 N–H and O–H groups in total. The average molecular weight is 293 g/mol. The zero-order valence-corrected chi connectivity index (χ0v) is 11.6. The van der Waals surface area contributed by atoms with Crippen molar-refractivity contribution in [1.29, 1.82) is 0 Å². The lowest BCUT2D eigenvalue weighted by Gasteiger charge is -2.17. The van der Waals surface area contributed by atoms with Crippen molar-refractivity contribution in [1.82, 2.24) is 5.32 Å². The summed E-state index contributed by atoms with van der Waals surface area (Å²) >= 11 is 0. The van der Waals surface area contributed by atoms with E-state index in [9.17, 15) is 14.0 Å². The normalized spacial score (nSPS) is 15.5. The zero-order chi connectivity index (χ0) is 15.3. The van der Waals surface area contributed by atoms with Crippen LogP contribution in [0.2, 0.25) is 0 Å². The van der Waals surface area contributed by atoms with Gasteiger partial charge in [0.05, 0.1) is 7.11 Å². The molecule has 1 aliphatic carbocycles. The highest BCUT2D eigenvalue weighted by Gasteiger charge is 2.53. The number of nitrogens with one attached hydrogen (secondary N) is 1. The van der Waals surface area contributed by atoms with Gasteiger partial charge in [-0.3, -0.25) is 4.79 Å². The summed E-state index contributed by atoms with van der Waals surface area (Å²) in [7, 11) is 1.27. The lowest BCUT2D eigenvalue weighted by molar-refractivity contribution is -0.135. The van der Waals surface area contributed by atoms with Crippen LogP contribution < -0.4 is 10.1 Å². The van der Waals surface area contributed by atoms with Crippen molar-refractivity contribution in [2.24, 2.45) is 0 Å². The van der Waals surface area contributed by atoms with Crippen molar-refractivity contribution in [2.75, 3.05) is 13.7 Å². The van der Waals surface area contributed by atoms with Gasteiger partial charge >= 0.3 is 5.97 Å². The van der Waals surface area contributed by atoms with Crippen LogP contribution >= 0.6 is 0 Å². The summed E-state index contributed by atoms with van der Waals surface area (Å²) in [6.07, 6.45) is 3.77. The standard InChI is InChI=1S/C15H16FNO4/c1-20-13(18)7-4-10-17-14(19)15(8-9-15)21-12-6-3-2-5-11(12)16/h2-7H,8-10H2,1H3,(H,17,19)/b7-4+. The fraction of sp³-hybridized carbons (Fsp3) is 0.333. The molecule has 0 unspecified atom stereocenters. The van der Waals surface area contributed by atoms with Crippen LogP contribution in [0.4, 0.5) is 4.39 Å². The second-order valence-electron chi connectivity index (χ2n) is 4.66. The Hall–Kier alpha value is -2.37. The molecule has 1 fully saturated rings. The Bertz CT molecular complexity index is 567. The van der Waals surface area contributed by atoms with E-state index >= 15 is 0 Å². The van der Waals surface area contributed by atoms with Gasteiger partial charge in [-0.05, 0) is 12.1 Å². The Balaban J connectivity index is 1.89. The second-order valence-corrected chi connectivity index (χ2v) is 4.66. The Kier molecular flexibility index (Phi) is 4.57. The number of methoxy groups -OCH3 is 1. The number of para-hydroxylation sites is 1. The summed E-state index contributed by atoms with van der Waals surface area (Å²) in [5.74, 6) is -1.24. The number of halogens is 1. The largest absolute Gasteiger partial charge is 0.474 e. The van der Waals surface area contributed by atoms with E-state index < -0.39 is 17.4 Å². The third-order valence-electron chi connectivity index (χ3n) is 3.10. The molecule has 0 atom stereocenters. The molecule has 0 bridgehead atoms. The maximum Gasteiger partial charge on any atom is 0.330 e. The first-order valence-corrected chi connectivity index (χ1v) is 6.54. The van der Waals surface area contributed by atoms with E-state index in [0.29, 0.717) is 12.8 Å². The molecule has 1 aliphatic rings. The number of amides is 1. The van der Waals surface area contributed by atoms with E-state index in [-0.39, 0.29) is 18.2 Å². The molecule has 21 heavy (non-hydrogen) atoms. The molecule has 1 aromatic rings. The van der Waals surface area contributed by atoms with Gasteiger partial charge < -0.3 is 14.8 Å². The Labute approximate surface area is 121 Å². The van der Waals surface area contributed by atoms with Gasteiger partial charge in [-0.1, -0.05) is 18.2 Å². The number of hydrogen-bond donors (Lipinski definition) is 1. The van der Waals surface area contributed by atoms with Crippen LogP contribution in [0, 0.1) is 5.82 Å². The molecule has 0 saturated heterocycles. The van der Waals surface area contributed by atoms with Crippen molar-refractivity contribution in [2.45, 2.75) is 18.4 Å². The highest BCUT2D eigenvalue weighted by atomic mass is 19.1. The number of ether oxygens (including phenoxy) is 2. The number of rotatable bonds is 6. The van der Waals surface area contributed by atoms with Gasteiger partial charge in [-0.2, -0.15) is 0 Å². The molecule has 1 aromatic carbocycles. The van der Waals surface area contributed by atoms with E-state index in [4.69, 9.17) is 4.74 Å². The van der Waals surface area contributed by atoms with E-state index in [0.717, 1.165) is 0 Å². The lowest BCUT2D eigenvalue weighted by atomic mass is 10.3. The molecule has 0 aliphatic heterocycles. The molecule has 0 radical (unpaired) electrons. The first-order chi connectivity index (χ1) is 10.1. The van der Waals surface area contributed by atoms with Crippen LogP contribution in [-0.4, -0.2) is 31.1 Å². The van der Waals surface area contributed by atoms with Gasteiger partial charge in [0.25, 0.3) is 5.91 Å². The van der Waals surface area contributed by atoms with Gasteiger partial charge in [-0.15, -0.1) is 0 Å². The van der Waals surface area contributed by atoms with Crippen LogP contribution in [-0.2, 0) is 14.3 Å². The fourth-order valence-electron chi connectivity index (χ4n) is 1.76. The molecule has 0 heterocycles. The van der Waals surface area contributed by atoms with Gasteiger partial charge in [0, 0.05) is 25.5 Å². The molecular weight excluding hydrogens is 277 g/mol. The molecule has 1 saturated carbocycles. The number of carbonyl (C=O) groups excluding carboxylic acids is 2. The summed E-state index contributed by atoms with van der Waals surface area (Å²) in [5, 5.41) is 2.62. The highest BCUT2D eigenvalue weighted by molar-refractivity contribution is 5.88.